The number of phenols is 1. The summed E-state index contributed by atoms with van der Waals surface area (Å²) in [6.45, 7) is 1.39. The van der Waals surface area contributed by atoms with Gasteiger partial charge in [0, 0.05) is 12.1 Å². The number of rotatable bonds is 14. The van der Waals surface area contributed by atoms with Crippen molar-refractivity contribution in [2.75, 3.05) is 7.11 Å². The van der Waals surface area contributed by atoms with Gasteiger partial charge in [0.25, 0.3) is 0 Å². The topological polar surface area (TPSA) is 57.2 Å². The zero-order valence-corrected chi connectivity index (χ0v) is 23.9. The van der Waals surface area contributed by atoms with Crippen LogP contribution >= 0.6 is 0 Å². The molecule has 5 aromatic rings. The fourth-order valence-corrected chi connectivity index (χ4v) is 4.64. The van der Waals surface area contributed by atoms with E-state index in [9.17, 15) is 5.11 Å². The maximum atomic E-state index is 10.7. The van der Waals surface area contributed by atoms with Crippen molar-refractivity contribution in [2.24, 2.45) is 0 Å². The molecule has 0 fully saturated rings. The van der Waals surface area contributed by atoms with Gasteiger partial charge >= 0.3 is 0 Å². The lowest BCUT2D eigenvalue weighted by Gasteiger charge is -2.15. The van der Waals surface area contributed by atoms with Crippen LogP contribution in [-0.4, -0.2) is 12.2 Å². The number of phenolic OH excluding ortho intramolecular Hbond substituents is 1. The van der Waals surface area contributed by atoms with E-state index in [0.29, 0.717) is 25.6 Å². The normalized spacial score (nSPS) is 10.7. The lowest BCUT2D eigenvalue weighted by molar-refractivity contribution is 0.287. The summed E-state index contributed by atoms with van der Waals surface area (Å²) in [7, 11) is 1.65. The van der Waals surface area contributed by atoms with Crippen molar-refractivity contribution >= 4 is 0 Å². The highest BCUT2D eigenvalue weighted by atomic mass is 16.5. The minimum atomic E-state index is 0.243. The Bertz CT molecular complexity index is 1530. The van der Waals surface area contributed by atoms with Crippen molar-refractivity contribution in [3.8, 4) is 28.7 Å². The standard InChI is InChI=1S/C37H36O5/c1-39-33-19-15-30(16-20-33)26-40-34-21-17-31(36(38)23-34)13-8-14-32-18-22-35(41-25-28-9-4-2-5-10-28)24-37(32)42-27-29-11-6-3-7-12-29/h2-7,9-12,15-24,38H,8,13-14,25-27H2,1H3. The van der Waals surface area contributed by atoms with Crippen molar-refractivity contribution < 1.29 is 24.1 Å². The molecule has 1 N–H and O–H groups in total. The highest BCUT2D eigenvalue weighted by molar-refractivity contribution is 5.42. The van der Waals surface area contributed by atoms with Gasteiger partial charge in [-0.1, -0.05) is 84.9 Å². The molecule has 0 heterocycles. The molecule has 0 amide bonds. The minimum Gasteiger partial charge on any atom is -0.508 e. The van der Waals surface area contributed by atoms with Crippen LogP contribution in [0.3, 0.4) is 0 Å². The van der Waals surface area contributed by atoms with Crippen molar-refractivity contribution in [1.29, 1.82) is 0 Å². The molecule has 0 unspecified atom stereocenters. The van der Waals surface area contributed by atoms with Crippen LogP contribution in [0.15, 0.2) is 121 Å². The summed E-state index contributed by atoms with van der Waals surface area (Å²) in [6.07, 6.45) is 2.39. The van der Waals surface area contributed by atoms with Crippen LogP contribution in [0.1, 0.15) is 34.2 Å². The Balaban J connectivity index is 1.19. The second kappa shape index (κ2) is 14.6. The lowest BCUT2D eigenvalue weighted by atomic mass is 10.0. The molecule has 0 aliphatic rings. The monoisotopic (exact) mass is 560 g/mol. The molecule has 0 atom stereocenters. The maximum Gasteiger partial charge on any atom is 0.126 e. The molecule has 0 aliphatic heterocycles. The summed E-state index contributed by atoms with van der Waals surface area (Å²) in [5.41, 5.74) is 5.25. The third-order valence-electron chi connectivity index (χ3n) is 7.04. The Hall–Kier alpha value is -4.90. The van der Waals surface area contributed by atoms with Crippen LogP contribution in [0.2, 0.25) is 0 Å². The molecule has 214 valence electrons. The second-order valence-corrected chi connectivity index (χ2v) is 10.1. The summed E-state index contributed by atoms with van der Waals surface area (Å²) in [5.74, 6) is 3.27. The van der Waals surface area contributed by atoms with E-state index >= 15 is 0 Å². The van der Waals surface area contributed by atoms with Crippen molar-refractivity contribution in [3.63, 3.8) is 0 Å². The van der Waals surface area contributed by atoms with Gasteiger partial charge in [-0.3, -0.25) is 0 Å². The smallest absolute Gasteiger partial charge is 0.126 e. The van der Waals surface area contributed by atoms with Crippen molar-refractivity contribution in [2.45, 2.75) is 39.1 Å². The van der Waals surface area contributed by atoms with Gasteiger partial charge in [-0.25, -0.2) is 0 Å². The first-order valence-electron chi connectivity index (χ1n) is 14.2. The van der Waals surface area contributed by atoms with Crippen LogP contribution in [-0.2, 0) is 32.7 Å². The molecular formula is C37H36O5. The van der Waals surface area contributed by atoms with E-state index in [1.54, 1.807) is 13.2 Å². The first-order chi connectivity index (χ1) is 20.7. The van der Waals surface area contributed by atoms with Gasteiger partial charge in [0.2, 0.25) is 0 Å². The summed E-state index contributed by atoms with van der Waals surface area (Å²) in [5, 5.41) is 10.7. The van der Waals surface area contributed by atoms with E-state index in [4.69, 9.17) is 18.9 Å². The van der Waals surface area contributed by atoms with E-state index in [1.165, 1.54) is 0 Å². The van der Waals surface area contributed by atoms with Gasteiger partial charge in [0.1, 0.15) is 48.6 Å². The fourth-order valence-electron chi connectivity index (χ4n) is 4.64. The Kier molecular flexibility index (Phi) is 9.98. The molecule has 5 aromatic carbocycles. The number of hydrogen-bond acceptors (Lipinski definition) is 5. The predicted molar refractivity (Wildman–Crippen MR) is 165 cm³/mol. The number of aryl methyl sites for hydroxylation is 2. The van der Waals surface area contributed by atoms with E-state index in [0.717, 1.165) is 64.3 Å². The van der Waals surface area contributed by atoms with E-state index in [1.807, 2.05) is 84.9 Å². The molecule has 5 heteroatoms. The zero-order valence-electron chi connectivity index (χ0n) is 23.9. The molecule has 0 spiro atoms. The SMILES string of the molecule is COc1ccc(COc2ccc(CCCc3ccc(OCc4ccccc4)cc3OCc3ccccc3)c(O)c2)cc1. The molecule has 0 saturated carbocycles. The average Bonchev–Trinajstić information content (AvgIpc) is 3.04. The Morgan fingerprint density at radius 3 is 1.60 bits per heavy atom. The van der Waals surface area contributed by atoms with Gasteiger partial charge < -0.3 is 24.1 Å². The predicted octanol–water partition coefficient (Wildman–Crippen LogP) is 8.31. The number of aromatic hydroxyl groups is 1. The molecule has 5 rings (SSSR count). The third kappa shape index (κ3) is 8.31. The van der Waals surface area contributed by atoms with Crippen LogP contribution in [0, 0.1) is 0 Å². The summed E-state index contributed by atoms with van der Waals surface area (Å²) in [4.78, 5) is 0. The summed E-state index contributed by atoms with van der Waals surface area (Å²) < 4.78 is 23.4. The molecule has 0 aromatic heterocycles. The fraction of sp³-hybridized carbons (Fsp3) is 0.189. The molecule has 5 nitrogen and oxygen atoms in total. The molecule has 42 heavy (non-hydrogen) atoms. The molecule has 0 aliphatic carbocycles. The molecule has 0 radical (unpaired) electrons. The average molecular weight is 561 g/mol. The van der Waals surface area contributed by atoms with Gasteiger partial charge in [-0.2, -0.15) is 0 Å². The van der Waals surface area contributed by atoms with Crippen LogP contribution in [0.4, 0.5) is 0 Å². The third-order valence-corrected chi connectivity index (χ3v) is 7.04. The number of ether oxygens (including phenoxy) is 4. The lowest BCUT2D eigenvalue weighted by Crippen LogP contribution is -2.01. The van der Waals surface area contributed by atoms with Gasteiger partial charge in [-0.05, 0) is 71.3 Å². The molecular weight excluding hydrogens is 524 g/mol. The number of benzene rings is 5. The first-order valence-corrected chi connectivity index (χ1v) is 14.2. The summed E-state index contributed by atoms with van der Waals surface area (Å²) >= 11 is 0. The Labute approximate surface area is 247 Å². The van der Waals surface area contributed by atoms with E-state index in [-0.39, 0.29) is 5.75 Å². The van der Waals surface area contributed by atoms with Crippen LogP contribution in [0.25, 0.3) is 0 Å². The molecule has 0 bridgehead atoms. The molecule has 0 saturated heterocycles. The number of hydrogen-bond donors (Lipinski definition) is 1. The highest BCUT2D eigenvalue weighted by Gasteiger charge is 2.10. The quantitative estimate of drug-likeness (QED) is 0.148. The van der Waals surface area contributed by atoms with E-state index < -0.39 is 0 Å². The van der Waals surface area contributed by atoms with E-state index in [2.05, 4.69) is 30.3 Å². The summed E-state index contributed by atoms with van der Waals surface area (Å²) in [6, 6.07) is 39.6. The largest absolute Gasteiger partial charge is 0.508 e. The van der Waals surface area contributed by atoms with Crippen molar-refractivity contribution in [3.05, 3.63) is 149 Å². The Morgan fingerprint density at radius 2 is 1.00 bits per heavy atom. The van der Waals surface area contributed by atoms with Crippen molar-refractivity contribution in [1.82, 2.24) is 0 Å². The van der Waals surface area contributed by atoms with Gasteiger partial charge in [0.05, 0.1) is 7.11 Å². The highest BCUT2D eigenvalue weighted by Crippen LogP contribution is 2.30. The number of methoxy groups -OCH3 is 1. The van der Waals surface area contributed by atoms with Gasteiger partial charge in [0.15, 0.2) is 0 Å². The second-order valence-electron chi connectivity index (χ2n) is 10.1. The Morgan fingerprint density at radius 1 is 0.500 bits per heavy atom. The first kappa shape index (κ1) is 28.6. The van der Waals surface area contributed by atoms with Gasteiger partial charge in [-0.15, -0.1) is 0 Å². The minimum absolute atomic E-state index is 0.243. The van der Waals surface area contributed by atoms with Crippen LogP contribution in [0.5, 0.6) is 28.7 Å². The van der Waals surface area contributed by atoms with Crippen LogP contribution < -0.4 is 18.9 Å². The zero-order chi connectivity index (χ0) is 29.0. The maximum absolute atomic E-state index is 10.7.